The van der Waals surface area contributed by atoms with E-state index in [2.05, 4.69) is 20.0 Å². The number of fused-ring (bicyclic) bond motifs is 1. The first-order valence-electron chi connectivity index (χ1n) is 17.1. The Morgan fingerprint density at radius 1 is 1.13 bits per heavy atom. The molecule has 0 radical (unpaired) electrons. The van der Waals surface area contributed by atoms with Crippen molar-refractivity contribution < 1.29 is 32.3 Å². The third-order valence-electron chi connectivity index (χ3n) is 9.59. The van der Waals surface area contributed by atoms with E-state index in [9.17, 15) is 27.6 Å². The Hall–Kier alpha value is -4.83. The predicted octanol–water partition coefficient (Wildman–Crippen LogP) is 2.65. The third-order valence-corrected chi connectivity index (χ3v) is 12.0. The molecular weight excluding hydrogens is 707 g/mol. The van der Waals surface area contributed by atoms with Crippen molar-refractivity contribution in [3.63, 3.8) is 0 Å². The largest absolute Gasteiger partial charge is 0.496 e. The molecule has 3 atom stereocenters. The quantitative estimate of drug-likeness (QED) is 0.0962. The minimum atomic E-state index is -4.06. The van der Waals surface area contributed by atoms with Crippen molar-refractivity contribution >= 4 is 50.8 Å². The average Bonchev–Trinajstić information content (AvgIpc) is 3.81. The summed E-state index contributed by atoms with van der Waals surface area (Å²) in [5.74, 6) is -0.967. The molecule has 2 aliphatic rings. The van der Waals surface area contributed by atoms with Crippen molar-refractivity contribution in [2.24, 2.45) is 10.7 Å². The summed E-state index contributed by atoms with van der Waals surface area (Å²) in [5, 5.41) is 4.74. The standard InChI is InChI=1S/C36H45N7O7S2/c1-22-19-29(50-4)23(2)24(3)33(22)52(48,49)41-36(37)39-16-8-11-27(32(46)35-38-17-18-51-35)40-34(47)28-14-13-26-20-42(21-31(45)43(26)28)30(44)15-12-25-9-6-5-7-10-25/h5-7,9-10,17-19,26-28H,8,11-16,20-21H2,1-4H3,(H,40,47)(H3,37,39,41)/t26-,27-,28-/m0/s1. The first kappa shape index (κ1) is 38.4. The maximum atomic E-state index is 13.7. The van der Waals surface area contributed by atoms with Crippen LogP contribution in [0.5, 0.6) is 5.75 Å². The number of Topliss-reactive ketones (excluding diaryl/α,β-unsaturated/α-hetero) is 1. The zero-order chi connectivity index (χ0) is 37.6. The number of carbonyl (C=O) groups is 4. The number of hydrogen-bond donors (Lipinski definition) is 3. The summed E-state index contributed by atoms with van der Waals surface area (Å²) in [7, 11) is -2.54. The maximum Gasteiger partial charge on any atom is 0.264 e. The number of benzene rings is 2. The minimum absolute atomic E-state index is 0.0652. The van der Waals surface area contributed by atoms with E-state index in [-0.39, 0.29) is 71.9 Å². The van der Waals surface area contributed by atoms with Crippen molar-refractivity contribution in [1.29, 1.82) is 0 Å². The molecule has 3 aromatic rings. The SMILES string of the molecule is COc1cc(C)c(S(=O)(=O)NC(N)=NCCC[C@H](NC(=O)[C@@H]2CC[C@H]3CN(C(=O)CCc4ccccc4)CC(=O)N32)C(=O)c2nccs2)c(C)c1C. The van der Waals surface area contributed by atoms with E-state index in [0.717, 1.165) is 16.9 Å². The highest BCUT2D eigenvalue weighted by Gasteiger charge is 2.46. The molecular formula is C36H45N7O7S2. The number of thiazole rings is 1. The Bertz CT molecular complexity index is 1940. The van der Waals surface area contributed by atoms with E-state index in [1.54, 1.807) is 42.0 Å². The van der Waals surface area contributed by atoms with Crippen molar-refractivity contribution in [3.8, 4) is 5.75 Å². The molecule has 0 aliphatic carbocycles. The normalized spacial score (nSPS) is 18.2. The molecule has 278 valence electrons. The van der Waals surface area contributed by atoms with Crippen LogP contribution in [0.15, 0.2) is 57.9 Å². The first-order chi connectivity index (χ1) is 24.8. The highest BCUT2D eigenvalue weighted by Crippen LogP contribution is 2.31. The number of nitrogens with one attached hydrogen (secondary N) is 2. The highest BCUT2D eigenvalue weighted by molar-refractivity contribution is 7.90. The van der Waals surface area contributed by atoms with Gasteiger partial charge < -0.3 is 25.6 Å². The Morgan fingerprint density at radius 2 is 1.88 bits per heavy atom. The second-order valence-corrected chi connectivity index (χ2v) is 15.6. The molecule has 2 aromatic carbocycles. The van der Waals surface area contributed by atoms with Crippen LogP contribution in [0, 0.1) is 20.8 Å². The topological polar surface area (TPSA) is 193 Å². The molecule has 0 saturated carbocycles. The number of ketones is 1. The number of amides is 3. The lowest BCUT2D eigenvalue weighted by Gasteiger charge is -2.39. The van der Waals surface area contributed by atoms with Crippen LogP contribution >= 0.6 is 11.3 Å². The fraction of sp³-hybridized carbons (Fsp3) is 0.444. The summed E-state index contributed by atoms with van der Waals surface area (Å²) in [4.78, 5) is 65.0. The number of nitrogens with zero attached hydrogens (tertiary/aromatic N) is 4. The molecule has 2 saturated heterocycles. The third kappa shape index (κ3) is 8.78. The molecule has 1 aromatic heterocycles. The number of nitrogens with two attached hydrogens (primary N) is 1. The second kappa shape index (κ2) is 16.7. The number of ether oxygens (including phenoxy) is 1. The molecule has 2 aliphatic heterocycles. The van der Waals surface area contributed by atoms with E-state index in [1.807, 2.05) is 30.3 Å². The lowest BCUT2D eigenvalue weighted by molar-refractivity contribution is -0.151. The number of methoxy groups -OCH3 is 1. The molecule has 52 heavy (non-hydrogen) atoms. The van der Waals surface area contributed by atoms with Gasteiger partial charge in [-0.1, -0.05) is 30.3 Å². The van der Waals surface area contributed by atoms with E-state index in [4.69, 9.17) is 10.5 Å². The molecule has 4 N–H and O–H groups in total. The van der Waals surface area contributed by atoms with Crippen molar-refractivity contribution in [1.82, 2.24) is 24.8 Å². The molecule has 5 rings (SSSR count). The van der Waals surface area contributed by atoms with Crippen molar-refractivity contribution in [2.45, 2.75) is 82.3 Å². The summed E-state index contributed by atoms with van der Waals surface area (Å²) >= 11 is 1.15. The molecule has 0 bridgehead atoms. The maximum absolute atomic E-state index is 13.7. The van der Waals surface area contributed by atoms with Crippen LogP contribution in [-0.2, 0) is 30.8 Å². The van der Waals surface area contributed by atoms with Gasteiger partial charge in [0.25, 0.3) is 10.0 Å². The Labute approximate surface area is 307 Å². The minimum Gasteiger partial charge on any atom is -0.496 e. The zero-order valence-electron chi connectivity index (χ0n) is 29.8. The van der Waals surface area contributed by atoms with Gasteiger partial charge in [0.2, 0.25) is 29.5 Å². The number of aryl methyl sites for hydroxylation is 2. The van der Waals surface area contributed by atoms with Gasteiger partial charge in [-0.15, -0.1) is 11.3 Å². The van der Waals surface area contributed by atoms with Crippen LogP contribution in [0.1, 0.15) is 64.2 Å². The van der Waals surface area contributed by atoms with Gasteiger partial charge in [0, 0.05) is 31.1 Å². The van der Waals surface area contributed by atoms with Crippen molar-refractivity contribution in [2.75, 3.05) is 26.7 Å². The van der Waals surface area contributed by atoms with E-state index < -0.39 is 28.0 Å². The number of sulfonamides is 1. The van der Waals surface area contributed by atoms with Gasteiger partial charge >= 0.3 is 0 Å². The van der Waals surface area contributed by atoms with Crippen LogP contribution in [0.3, 0.4) is 0 Å². The van der Waals surface area contributed by atoms with Crippen molar-refractivity contribution in [3.05, 3.63) is 75.2 Å². The molecule has 0 spiro atoms. The van der Waals surface area contributed by atoms with Crippen LogP contribution in [-0.4, -0.2) is 97.5 Å². The molecule has 16 heteroatoms. The summed E-state index contributed by atoms with van der Waals surface area (Å²) in [6.45, 7) is 5.45. The van der Waals surface area contributed by atoms with Gasteiger partial charge in [0.1, 0.15) is 11.8 Å². The van der Waals surface area contributed by atoms with Crippen LogP contribution in [0.25, 0.3) is 0 Å². The Morgan fingerprint density at radius 3 is 2.58 bits per heavy atom. The zero-order valence-corrected chi connectivity index (χ0v) is 31.4. The number of hydrogen-bond acceptors (Lipinski definition) is 10. The lowest BCUT2D eigenvalue weighted by atomic mass is 10.1. The van der Waals surface area contributed by atoms with Gasteiger partial charge in [0.05, 0.1) is 30.6 Å². The lowest BCUT2D eigenvalue weighted by Crippen LogP contribution is -2.60. The molecule has 14 nitrogen and oxygen atoms in total. The highest BCUT2D eigenvalue weighted by atomic mass is 32.2. The summed E-state index contributed by atoms with van der Waals surface area (Å²) in [6.07, 6.45) is 3.77. The number of aliphatic imine (C=N–C) groups is 1. The smallest absolute Gasteiger partial charge is 0.264 e. The molecule has 3 heterocycles. The van der Waals surface area contributed by atoms with Gasteiger partial charge in [-0.3, -0.25) is 24.2 Å². The van der Waals surface area contributed by atoms with Gasteiger partial charge in [0.15, 0.2) is 5.01 Å². The van der Waals surface area contributed by atoms with Crippen LogP contribution < -0.4 is 20.5 Å². The van der Waals surface area contributed by atoms with Gasteiger partial charge in [-0.25, -0.2) is 18.1 Å². The van der Waals surface area contributed by atoms with E-state index in [0.29, 0.717) is 48.2 Å². The Balaban J connectivity index is 1.19. The fourth-order valence-corrected chi connectivity index (χ4v) is 9.01. The van der Waals surface area contributed by atoms with Gasteiger partial charge in [-0.2, -0.15) is 0 Å². The number of carbonyl (C=O) groups excluding carboxylic acids is 4. The fourth-order valence-electron chi connectivity index (χ4n) is 6.90. The summed E-state index contributed by atoms with van der Waals surface area (Å²) in [6, 6.07) is 9.30. The number of piperazine rings is 1. The second-order valence-electron chi connectivity index (χ2n) is 13.1. The number of rotatable bonds is 14. The molecule has 0 unspecified atom stereocenters. The van der Waals surface area contributed by atoms with Gasteiger partial charge in [-0.05, 0) is 81.2 Å². The number of aromatic nitrogens is 1. The number of guanidine groups is 1. The van der Waals surface area contributed by atoms with Crippen LogP contribution in [0.2, 0.25) is 0 Å². The summed E-state index contributed by atoms with van der Waals surface area (Å²) in [5.41, 5.74) is 8.74. The average molecular weight is 752 g/mol. The van der Waals surface area contributed by atoms with E-state index in [1.165, 1.54) is 13.3 Å². The van der Waals surface area contributed by atoms with Crippen LogP contribution in [0.4, 0.5) is 0 Å². The Kier molecular flexibility index (Phi) is 12.3. The molecule has 2 fully saturated rings. The van der Waals surface area contributed by atoms with E-state index >= 15 is 0 Å². The first-order valence-corrected chi connectivity index (χ1v) is 19.5. The monoisotopic (exact) mass is 751 g/mol. The predicted molar refractivity (Wildman–Crippen MR) is 197 cm³/mol. The molecule has 3 amide bonds. The summed E-state index contributed by atoms with van der Waals surface area (Å²) < 4.78 is 34.2.